The number of hydrogen-bond acceptors (Lipinski definition) is 4. The highest BCUT2D eigenvalue weighted by molar-refractivity contribution is 14.0. The van der Waals surface area contributed by atoms with Gasteiger partial charge in [0, 0.05) is 23.7 Å². The van der Waals surface area contributed by atoms with Crippen molar-refractivity contribution in [3.05, 3.63) is 35.2 Å². The van der Waals surface area contributed by atoms with Crippen molar-refractivity contribution in [2.45, 2.75) is 26.4 Å². The van der Waals surface area contributed by atoms with Gasteiger partial charge in [0.1, 0.15) is 0 Å². The van der Waals surface area contributed by atoms with E-state index < -0.39 is 0 Å². The number of aliphatic imine (C=N–C) groups is 1. The molecule has 0 bridgehead atoms. The van der Waals surface area contributed by atoms with E-state index in [0.717, 1.165) is 5.56 Å². The molecule has 0 spiro atoms. The van der Waals surface area contributed by atoms with Crippen molar-refractivity contribution in [2.75, 3.05) is 7.05 Å². The SMILES string of the molecule is CN=C(NCc1nc(-c2ccc(Cl)cc2)no1)NC(C)C.I. The minimum absolute atomic E-state index is 0. The van der Waals surface area contributed by atoms with Gasteiger partial charge in [0.15, 0.2) is 5.96 Å². The smallest absolute Gasteiger partial charge is 0.246 e. The molecule has 6 nitrogen and oxygen atoms in total. The molecule has 0 saturated carbocycles. The van der Waals surface area contributed by atoms with Crippen LogP contribution in [0.25, 0.3) is 11.4 Å². The molecular formula is C14H19ClIN5O. The van der Waals surface area contributed by atoms with Crippen LogP contribution in [0.1, 0.15) is 19.7 Å². The predicted molar refractivity (Wildman–Crippen MR) is 98.6 cm³/mol. The predicted octanol–water partition coefficient (Wildman–Crippen LogP) is 3.08. The van der Waals surface area contributed by atoms with E-state index in [1.807, 2.05) is 26.0 Å². The van der Waals surface area contributed by atoms with E-state index in [1.54, 1.807) is 19.2 Å². The van der Waals surface area contributed by atoms with Crippen LogP contribution >= 0.6 is 35.6 Å². The number of hydrogen-bond donors (Lipinski definition) is 2. The van der Waals surface area contributed by atoms with Crippen LogP contribution in [0.2, 0.25) is 5.02 Å². The molecule has 0 atom stereocenters. The molecule has 22 heavy (non-hydrogen) atoms. The Kier molecular flexibility index (Phi) is 7.60. The summed E-state index contributed by atoms with van der Waals surface area (Å²) in [5.41, 5.74) is 0.860. The van der Waals surface area contributed by atoms with Crippen LogP contribution in [0.5, 0.6) is 0 Å². The van der Waals surface area contributed by atoms with E-state index in [1.165, 1.54) is 0 Å². The van der Waals surface area contributed by atoms with Gasteiger partial charge in [-0.15, -0.1) is 24.0 Å². The minimum atomic E-state index is 0. The molecule has 120 valence electrons. The van der Waals surface area contributed by atoms with Gasteiger partial charge in [0.2, 0.25) is 11.7 Å². The largest absolute Gasteiger partial charge is 0.354 e. The molecule has 0 aliphatic carbocycles. The van der Waals surface area contributed by atoms with Crippen LogP contribution in [0.15, 0.2) is 33.8 Å². The lowest BCUT2D eigenvalue weighted by Crippen LogP contribution is -2.40. The summed E-state index contributed by atoms with van der Waals surface area (Å²) in [7, 11) is 1.71. The maximum atomic E-state index is 5.85. The number of aromatic nitrogens is 2. The lowest BCUT2D eigenvalue weighted by atomic mass is 10.2. The summed E-state index contributed by atoms with van der Waals surface area (Å²) in [5.74, 6) is 1.72. The average molecular weight is 436 g/mol. The molecular weight excluding hydrogens is 417 g/mol. The Bertz CT molecular complexity index is 612. The Morgan fingerprint density at radius 3 is 2.59 bits per heavy atom. The van der Waals surface area contributed by atoms with Gasteiger partial charge in [-0.05, 0) is 38.1 Å². The summed E-state index contributed by atoms with van der Waals surface area (Å²) in [6, 6.07) is 7.58. The summed E-state index contributed by atoms with van der Waals surface area (Å²) in [6.45, 7) is 4.49. The van der Waals surface area contributed by atoms with Crippen molar-refractivity contribution < 1.29 is 4.52 Å². The molecule has 2 rings (SSSR count). The molecule has 1 heterocycles. The highest BCUT2D eigenvalue weighted by atomic mass is 127. The number of guanidine groups is 1. The Balaban J connectivity index is 0.00000242. The van der Waals surface area contributed by atoms with E-state index in [9.17, 15) is 0 Å². The van der Waals surface area contributed by atoms with Gasteiger partial charge in [0.05, 0.1) is 6.54 Å². The number of rotatable bonds is 4. The van der Waals surface area contributed by atoms with Crippen LogP contribution in [0.4, 0.5) is 0 Å². The summed E-state index contributed by atoms with van der Waals surface area (Å²) < 4.78 is 5.21. The topological polar surface area (TPSA) is 75.3 Å². The Labute approximate surface area is 151 Å². The third-order valence-corrected chi connectivity index (χ3v) is 2.88. The fourth-order valence-electron chi connectivity index (χ4n) is 1.67. The fraction of sp³-hybridized carbons (Fsp3) is 0.357. The van der Waals surface area contributed by atoms with E-state index >= 15 is 0 Å². The zero-order chi connectivity index (χ0) is 15.2. The molecule has 2 N–H and O–H groups in total. The first-order valence-electron chi connectivity index (χ1n) is 6.64. The van der Waals surface area contributed by atoms with Gasteiger partial charge >= 0.3 is 0 Å². The van der Waals surface area contributed by atoms with Gasteiger partial charge < -0.3 is 15.2 Å². The Morgan fingerprint density at radius 1 is 1.32 bits per heavy atom. The number of benzene rings is 1. The third-order valence-electron chi connectivity index (χ3n) is 2.63. The molecule has 0 fully saturated rings. The van der Waals surface area contributed by atoms with Gasteiger partial charge in [-0.25, -0.2) is 0 Å². The van der Waals surface area contributed by atoms with Crippen LogP contribution in [0.3, 0.4) is 0 Å². The minimum Gasteiger partial charge on any atom is -0.354 e. The third kappa shape index (κ3) is 5.45. The highest BCUT2D eigenvalue weighted by Gasteiger charge is 2.09. The number of nitrogens with one attached hydrogen (secondary N) is 2. The Morgan fingerprint density at radius 2 is 2.00 bits per heavy atom. The van der Waals surface area contributed by atoms with E-state index in [2.05, 4.69) is 25.8 Å². The van der Waals surface area contributed by atoms with Crippen molar-refractivity contribution in [3.8, 4) is 11.4 Å². The van der Waals surface area contributed by atoms with Gasteiger partial charge in [-0.2, -0.15) is 4.98 Å². The summed E-state index contributed by atoms with van der Waals surface area (Å²) in [4.78, 5) is 8.44. The maximum absolute atomic E-state index is 5.85. The second-order valence-electron chi connectivity index (χ2n) is 4.74. The summed E-state index contributed by atoms with van der Waals surface area (Å²) in [5, 5.41) is 10.9. The molecule has 0 radical (unpaired) electrons. The average Bonchev–Trinajstić information content (AvgIpc) is 2.92. The van der Waals surface area contributed by atoms with Crippen molar-refractivity contribution in [1.29, 1.82) is 0 Å². The van der Waals surface area contributed by atoms with Crippen molar-refractivity contribution >= 4 is 41.5 Å². The number of nitrogens with zero attached hydrogens (tertiary/aromatic N) is 3. The van der Waals surface area contributed by atoms with Crippen molar-refractivity contribution in [3.63, 3.8) is 0 Å². The van der Waals surface area contributed by atoms with Gasteiger partial charge in [-0.1, -0.05) is 16.8 Å². The molecule has 0 amide bonds. The van der Waals surface area contributed by atoms with Gasteiger partial charge in [-0.3, -0.25) is 4.99 Å². The zero-order valence-electron chi connectivity index (χ0n) is 12.6. The van der Waals surface area contributed by atoms with Crippen molar-refractivity contribution in [2.24, 2.45) is 4.99 Å². The molecule has 0 saturated heterocycles. The van der Waals surface area contributed by atoms with E-state index in [4.69, 9.17) is 16.1 Å². The normalized spacial score (nSPS) is 11.2. The molecule has 8 heteroatoms. The van der Waals surface area contributed by atoms with E-state index in [-0.39, 0.29) is 24.0 Å². The van der Waals surface area contributed by atoms with Crippen LogP contribution in [-0.2, 0) is 6.54 Å². The lowest BCUT2D eigenvalue weighted by molar-refractivity contribution is 0.375. The molecule has 2 aromatic rings. The summed E-state index contributed by atoms with van der Waals surface area (Å²) in [6.07, 6.45) is 0. The zero-order valence-corrected chi connectivity index (χ0v) is 15.7. The molecule has 1 aromatic heterocycles. The van der Waals surface area contributed by atoms with Crippen LogP contribution in [0, 0.1) is 0 Å². The molecule has 1 aromatic carbocycles. The lowest BCUT2D eigenvalue weighted by Gasteiger charge is -2.12. The summed E-state index contributed by atoms with van der Waals surface area (Å²) >= 11 is 5.85. The van der Waals surface area contributed by atoms with Crippen LogP contribution in [-0.4, -0.2) is 29.2 Å². The second-order valence-corrected chi connectivity index (χ2v) is 5.18. The molecule has 0 aliphatic heterocycles. The van der Waals surface area contributed by atoms with E-state index in [0.29, 0.717) is 35.3 Å². The number of halogens is 2. The first kappa shape index (κ1) is 18.7. The first-order valence-corrected chi connectivity index (χ1v) is 7.02. The Hall–Kier alpha value is -1.35. The molecule has 0 unspecified atom stereocenters. The highest BCUT2D eigenvalue weighted by Crippen LogP contribution is 2.18. The first-order chi connectivity index (χ1) is 10.1. The molecule has 0 aliphatic rings. The quantitative estimate of drug-likeness (QED) is 0.438. The van der Waals surface area contributed by atoms with Crippen LogP contribution < -0.4 is 10.6 Å². The fourth-order valence-corrected chi connectivity index (χ4v) is 1.80. The maximum Gasteiger partial charge on any atom is 0.246 e. The monoisotopic (exact) mass is 435 g/mol. The second kappa shape index (κ2) is 8.94. The van der Waals surface area contributed by atoms with Gasteiger partial charge in [0.25, 0.3) is 0 Å². The standard InChI is InChI=1S/C14H18ClN5O.HI/c1-9(2)18-14(16-3)17-8-12-19-13(20-21-12)10-4-6-11(15)7-5-10;/h4-7,9H,8H2,1-3H3,(H2,16,17,18);1H. The van der Waals surface area contributed by atoms with Crippen molar-refractivity contribution in [1.82, 2.24) is 20.8 Å².